The van der Waals surface area contributed by atoms with Crippen molar-refractivity contribution < 1.29 is 22.3 Å². The van der Waals surface area contributed by atoms with Crippen LogP contribution < -0.4 is 10.1 Å². The molecular weight excluding hydrogens is 433 g/mol. The summed E-state index contributed by atoms with van der Waals surface area (Å²) in [5.41, 5.74) is 1.24. The molecule has 1 atom stereocenters. The van der Waals surface area contributed by atoms with Gasteiger partial charge in [0.1, 0.15) is 0 Å². The van der Waals surface area contributed by atoms with Crippen LogP contribution in [0.5, 0.6) is 5.75 Å². The van der Waals surface area contributed by atoms with Gasteiger partial charge in [0.05, 0.1) is 18.0 Å². The first-order valence-corrected chi connectivity index (χ1v) is 12.1. The fourth-order valence-electron chi connectivity index (χ4n) is 3.64. The average molecular weight is 464 g/mol. The van der Waals surface area contributed by atoms with Crippen LogP contribution in [0.1, 0.15) is 31.7 Å². The first-order chi connectivity index (χ1) is 15.2. The van der Waals surface area contributed by atoms with E-state index in [0.29, 0.717) is 25.3 Å². The summed E-state index contributed by atoms with van der Waals surface area (Å²) in [5, 5.41) is 2.81. The van der Waals surface area contributed by atoms with E-state index in [-0.39, 0.29) is 16.6 Å². The number of likely N-dealkylation sites (N-methyl/N-ethyl adjacent to an activating group) is 1. The molecule has 0 bridgehead atoms. The SMILES string of the molecule is COc1ccc(CN(C)C(C)C(=O)Nc2ccc(S(=O)(=O)N3CCCCC3)cc2)cc1F. The minimum Gasteiger partial charge on any atom is -0.494 e. The number of piperidine rings is 1. The highest BCUT2D eigenvalue weighted by Crippen LogP contribution is 2.22. The molecule has 1 aliphatic rings. The number of rotatable bonds is 8. The van der Waals surface area contributed by atoms with Crippen molar-refractivity contribution in [3.63, 3.8) is 0 Å². The number of carbonyl (C=O) groups excluding carboxylic acids is 1. The van der Waals surface area contributed by atoms with Gasteiger partial charge in [-0.3, -0.25) is 9.69 Å². The Morgan fingerprint density at radius 3 is 2.41 bits per heavy atom. The standard InChI is InChI=1S/C23H30FN3O4S/c1-17(26(2)16-18-7-12-22(31-3)21(24)15-18)23(28)25-19-8-10-20(11-9-19)32(29,30)27-13-5-4-6-14-27/h7-12,15,17H,4-6,13-14,16H2,1-3H3,(H,25,28). The molecule has 7 nitrogen and oxygen atoms in total. The molecule has 0 saturated carbocycles. The third kappa shape index (κ3) is 5.65. The Bertz CT molecular complexity index is 1040. The van der Waals surface area contributed by atoms with E-state index in [9.17, 15) is 17.6 Å². The Morgan fingerprint density at radius 1 is 1.16 bits per heavy atom. The summed E-state index contributed by atoms with van der Waals surface area (Å²) in [6.07, 6.45) is 2.81. The normalized spacial score (nSPS) is 16.0. The molecule has 1 heterocycles. The maximum Gasteiger partial charge on any atom is 0.243 e. The Balaban J connectivity index is 1.60. The summed E-state index contributed by atoms with van der Waals surface area (Å²) >= 11 is 0. The number of ether oxygens (including phenoxy) is 1. The van der Waals surface area contributed by atoms with Gasteiger partial charge in [-0.25, -0.2) is 12.8 Å². The smallest absolute Gasteiger partial charge is 0.243 e. The van der Waals surface area contributed by atoms with Crippen molar-refractivity contribution in [2.45, 2.75) is 43.7 Å². The Labute approximate surface area is 189 Å². The summed E-state index contributed by atoms with van der Waals surface area (Å²) in [4.78, 5) is 14.7. The van der Waals surface area contributed by atoms with Crippen molar-refractivity contribution in [3.8, 4) is 5.75 Å². The molecule has 1 aliphatic heterocycles. The molecule has 0 aliphatic carbocycles. The lowest BCUT2D eigenvalue weighted by molar-refractivity contribution is -0.120. The highest BCUT2D eigenvalue weighted by Gasteiger charge is 2.26. The van der Waals surface area contributed by atoms with Gasteiger partial charge in [0, 0.05) is 25.3 Å². The van der Waals surface area contributed by atoms with E-state index >= 15 is 0 Å². The lowest BCUT2D eigenvalue weighted by Crippen LogP contribution is -2.39. The topological polar surface area (TPSA) is 79.0 Å². The molecule has 1 fully saturated rings. The molecule has 2 aromatic rings. The first kappa shape index (κ1) is 24.2. The fraction of sp³-hybridized carbons (Fsp3) is 0.435. The van der Waals surface area contributed by atoms with E-state index in [2.05, 4.69) is 5.32 Å². The lowest BCUT2D eigenvalue weighted by Gasteiger charge is -2.26. The van der Waals surface area contributed by atoms with Crippen LogP contribution in [0.15, 0.2) is 47.4 Å². The molecule has 9 heteroatoms. The Morgan fingerprint density at radius 2 is 1.81 bits per heavy atom. The number of halogens is 1. The number of nitrogens with zero attached hydrogens (tertiary/aromatic N) is 2. The highest BCUT2D eigenvalue weighted by atomic mass is 32.2. The van der Waals surface area contributed by atoms with E-state index in [1.165, 1.54) is 29.6 Å². The zero-order valence-electron chi connectivity index (χ0n) is 18.7. The summed E-state index contributed by atoms with van der Waals surface area (Å²) in [7, 11) is -0.320. The number of sulfonamides is 1. The molecule has 174 valence electrons. The summed E-state index contributed by atoms with van der Waals surface area (Å²) in [5.74, 6) is -0.517. The van der Waals surface area contributed by atoms with Gasteiger partial charge in [-0.1, -0.05) is 12.5 Å². The van der Waals surface area contributed by atoms with Gasteiger partial charge in [-0.15, -0.1) is 0 Å². The van der Waals surface area contributed by atoms with Gasteiger partial charge in [0.15, 0.2) is 11.6 Å². The molecule has 32 heavy (non-hydrogen) atoms. The van der Waals surface area contributed by atoms with Crippen LogP contribution in [-0.2, 0) is 21.4 Å². The fourth-order valence-corrected chi connectivity index (χ4v) is 5.16. The molecular formula is C23H30FN3O4S. The number of amides is 1. The second-order valence-electron chi connectivity index (χ2n) is 8.04. The summed E-state index contributed by atoms with van der Waals surface area (Å²) in [6, 6.07) is 10.5. The van der Waals surface area contributed by atoms with Gasteiger partial charge in [-0.2, -0.15) is 4.31 Å². The monoisotopic (exact) mass is 463 g/mol. The first-order valence-electron chi connectivity index (χ1n) is 10.7. The minimum atomic E-state index is -3.51. The van der Waals surface area contributed by atoms with E-state index in [1.54, 1.807) is 43.1 Å². The largest absolute Gasteiger partial charge is 0.494 e. The third-order valence-corrected chi connectivity index (χ3v) is 7.68. The van der Waals surface area contributed by atoms with Gasteiger partial charge < -0.3 is 10.1 Å². The number of nitrogens with one attached hydrogen (secondary N) is 1. The molecule has 1 N–H and O–H groups in total. The third-order valence-electron chi connectivity index (χ3n) is 5.76. The zero-order chi connectivity index (χ0) is 23.3. The van der Waals surface area contributed by atoms with Crippen LogP contribution in [0.2, 0.25) is 0 Å². The maximum atomic E-state index is 13.9. The number of anilines is 1. The van der Waals surface area contributed by atoms with Crippen molar-refractivity contribution in [3.05, 3.63) is 53.8 Å². The average Bonchev–Trinajstić information content (AvgIpc) is 2.79. The quantitative estimate of drug-likeness (QED) is 0.649. The van der Waals surface area contributed by atoms with Crippen molar-refractivity contribution in [1.29, 1.82) is 0 Å². The van der Waals surface area contributed by atoms with Gasteiger partial charge in [0.25, 0.3) is 0 Å². The van der Waals surface area contributed by atoms with Crippen LogP contribution in [0.4, 0.5) is 10.1 Å². The van der Waals surface area contributed by atoms with Crippen LogP contribution in [-0.4, -0.2) is 56.8 Å². The molecule has 0 radical (unpaired) electrons. The molecule has 3 rings (SSSR count). The van der Waals surface area contributed by atoms with Gasteiger partial charge >= 0.3 is 0 Å². The number of hydrogen-bond donors (Lipinski definition) is 1. The molecule has 2 aromatic carbocycles. The van der Waals surface area contributed by atoms with Crippen LogP contribution in [0.3, 0.4) is 0 Å². The number of carbonyl (C=O) groups is 1. The molecule has 0 spiro atoms. The van der Waals surface area contributed by atoms with Crippen LogP contribution in [0.25, 0.3) is 0 Å². The van der Waals surface area contributed by atoms with Crippen molar-refractivity contribution >= 4 is 21.6 Å². The van der Waals surface area contributed by atoms with E-state index in [4.69, 9.17) is 4.74 Å². The maximum absolute atomic E-state index is 13.9. The van der Waals surface area contributed by atoms with Crippen LogP contribution in [0, 0.1) is 5.82 Å². The Kier molecular flexibility index (Phi) is 7.86. The summed E-state index contributed by atoms with van der Waals surface area (Å²) in [6.45, 7) is 3.22. The predicted octanol–water partition coefficient (Wildman–Crippen LogP) is 3.47. The van der Waals surface area contributed by atoms with E-state index < -0.39 is 21.9 Å². The highest BCUT2D eigenvalue weighted by molar-refractivity contribution is 7.89. The minimum absolute atomic E-state index is 0.174. The van der Waals surface area contributed by atoms with Crippen molar-refractivity contribution in [2.75, 3.05) is 32.6 Å². The molecule has 0 aromatic heterocycles. The molecule has 1 unspecified atom stereocenters. The number of benzene rings is 2. The predicted molar refractivity (Wildman–Crippen MR) is 122 cm³/mol. The van der Waals surface area contributed by atoms with Gasteiger partial charge in [-0.05, 0) is 68.8 Å². The van der Waals surface area contributed by atoms with Gasteiger partial charge in [0.2, 0.25) is 15.9 Å². The van der Waals surface area contributed by atoms with E-state index in [1.807, 2.05) is 0 Å². The molecule has 1 amide bonds. The van der Waals surface area contributed by atoms with Crippen molar-refractivity contribution in [1.82, 2.24) is 9.21 Å². The second kappa shape index (κ2) is 10.4. The Hall–Kier alpha value is -2.49. The number of hydrogen-bond acceptors (Lipinski definition) is 5. The van der Waals surface area contributed by atoms with E-state index in [0.717, 1.165) is 24.8 Å². The lowest BCUT2D eigenvalue weighted by atomic mass is 10.1. The van der Waals surface area contributed by atoms with Crippen molar-refractivity contribution in [2.24, 2.45) is 0 Å². The second-order valence-corrected chi connectivity index (χ2v) is 9.98. The zero-order valence-corrected chi connectivity index (χ0v) is 19.5. The summed E-state index contributed by atoms with van der Waals surface area (Å²) < 4.78 is 45.9. The molecule has 1 saturated heterocycles. The number of methoxy groups -OCH3 is 1. The van der Waals surface area contributed by atoms with Crippen LogP contribution >= 0.6 is 0 Å².